The number of nitrogens with zero attached hydrogens (tertiary/aromatic N) is 2. The van der Waals surface area contributed by atoms with Crippen LogP contribution < -0.4 is 16.6 Å². The molecule has 0 spiro atoms. The molecule has 0 bridgehead atoms. The maximum atomic E-state index is 12.7. The van der Waals surface area contributed by atoms with Crippen LogP contribution in [0.25, 0.3) is 5.69 Å². The zero-order chi connectivity index (χ0) is 19.8. The summed E-state index contributed by atoms with van der Waals surface area (Å²) < 4.78 is 1.59. The van der Waals surface area contributed by atoms with Crippen molar-refractivity contribution in [3.63, 3.8) is 0 Å². The third-order valence-corrected chi connectivity index (χ3v) is 5.66. The lowest BCUT2D eigenvalue weighted by Gasteiger charge is -2.35. The Morgan fingerprint density at radius 1 is 1.00 bits per heavy atom. The number of aryl methyl sites for hydroxylation is 1. The van der Waals surface area contributed by atoms with E-state index in [9.17, 15) is 9.59 Å². The van der Waals surface area contributed by atoms with Gasteiger partial charge in [0.05, 0.1) is 17.9 Å². The summed E-state index contributed by atoms with van der Waals surface area (Å²) in [6.07, 6.45) is 0. The molecule has 0 unspecified atom stereocenters. The van der Waals surface area contributed by atoms with Gasteiger partial charge in [0.15, 0.2) is 0 Å². The van der Waals surface area contributed by atoms with Crippen LogP contribution in [0.1, 0.15) is 35.2 Å². The third-order valence-electron chi connectivity index (χ3n) is 5.66. The van der Waals surface area contributed by atoms with E-state index in [2.05, 4.69) is 34.3 Å². The number of benzene rings is 2. The lowest BCUT2D eigenvalue weighted by atomic mass is 10.1. The average molecular weight is 376 g/mol. The number of aromatic nitrogens is 2. The smallest absolute Gasteiger partial charge is 0.334 e. The fourth-order valence-corrected chi connectivity index (χ4v) is 3.76. The van der Waals surface area contributed by atoms with E-state index in [0.717, 1.165) is 16.8 Å². The van der Waals surface area contributed by atoms with E-state index in [4.69, 9.17) is 0 Å². The van der Waals surface area contributed by atoms with E-state index >= 15 is 0 Å². The van der Waals surface area contributed by atoms with E-state index in [0.29, 0.717) is 24.6 Å². The van der Waals surface area contributed by atoms with Crippen molar-refractivity contribution in [3.05, 3.63) is 91.6 Å². The van der Waals surface area contributed by atoms with Gasteiger partial charge in [-0.25, -0.2) is 9.36 Å². The number of hydrogen-bond donors (Lipinski definition) is 2. The molecule has 2 heterocycles. The fourth-order valence-electron chi connectivity index (χ4n) is 3.76. The summed E-state index contributed by atoms with van der Waals surface area (Å²) in [6, 6.07) is 16.2. The molecule has 0 aliphatic carbocycles. The van der Waals surface area contributed by atoms with Crippen molar-refractivity contribution in [1.29, 1.82) is 0 Å². The van der Waals surface area contributed by atoms with Gasteiger partial charge in [-0.1, -0.05) is 42.5 Å². The molecule has 0 saturated heterocycles. The predicted octanol–water partition coefficient (Wildman–Crippen LogP) is 3.09. The van der Waals surface area contributed by atoms with Gasteiger partial charge in [-0.2, -0.15) is 0 Å². The van der Waals surface area contributed by atoms with Crippen LogP contribution in [0.2, 0.25) is 0 Å². The van der Waals surface area contributed by atoms with Gasteiger partial charge < -0.3 is 5.32 Å². The van der Waals surface area contributed by atoms with Crippen molar-refractivity contribution in [2.24, 2.45) is 0 Å². The molecule has 0 amide bonds. The van der Waals surface area contributed by atoms with Crippen molar-refractivity contribution in [3.8, 4) is 5.69 Å². The van der Waals surface area contributed by atoms with Crippen LogP contribution in [0.3, 0.4) is 0 Å². The number of hydrogen-bond acceptors (Lipinski definition) is 4. The van der Waals surface area contributed by atoms with Crippen LogP contribution in [0.5, 0.6) is 0 Å². The van der Waals surface area contributed by atoms with Crippen LogP contribution in [-0.4, -0.2) is 21.1 Å². The van der Waals surface area contributed by atoms with E-state index in [1.54, 1.807) is 4.57 Å². The van der Waals surface area contributed by atoms with Crippen molar-refractivity contribution in [2.45, 2.75) is 33.4 Å². The number of anilines is 1. The second-order valence-corrected chi connectivity index (χ2v) is 7.31. The monoisotopic (exact) mass is 376 g/mol. The van der Waals surface area contributed by atoms with Gasteiger partial charge in [0.2, 0.25) is 0 Å². The summed E-state index contributed by atoms with van der Waals surface area (Å²) in [5, 5.41) is 3.33. The molecule has 1 aromatic heterocycles. The van der Waals surface area contributed by atoms with Gasteiger partial charge >= 0.3 is 5.69 Å². The number of rotatable bonds is 3. The molecule has 1 aliphatic heterocycles. The second-order valence-electron chi connectivity index (χ2n) is 7.31. The molecule has 0 radical (unpaired) electrons. The van der Waals surface area contributed by atoms with Gasteiger partial charge in [-0.3, -0.25) is 14.7 Å². The fraction of sp³-hybridized carbons (Fsp3) is 0.273. The zero-order valence-electron chi connectivity index (χ0n) is 16.3. The molecular formula is C22H24N4O2. The summed E-state index contributed by atoms with van der Waals surface area (Å²) >= 11 is 0. The summed E-state index contributed by atoms with van der Waals surface area (Å²) in [7, 11) is 0. The first-order chi connectivity index (χ1) is 13.5. The van der Waals surface area contributed by atoms with Gasteiger partial charge in [-0.15, -0.1) is 0 Å². The predicted molar refractivity (Wildman–Crippen MR) is 111 cm³/mol. The highest BCUT2D eigenvalue weighted by molar-refractivity contribution is 5.55. The summed E-state index contributed by atoms with van der Waals surface area (Å²) in [5.41, 5.74) is 3.91. The molecule has 28 heavy (non-hydrogen) atoms. The Kier molecular flexibility index (Phi) is 4.65. The van der Waals surface area contributed by atoms with Crippen LogP contribution >= 0.6 is 0 Å². The van der Waals surface area contributed by atoms with E-state index in [1.165, 1.54) is 5.56 Å². The Morgan fingerprint density at radius 3 is 2.50 bits per heavy atom. The molecule has 6 heteroatoms. The molecule has 6 nitrogen and oxygen atoms in total. The minimum Gasteiger partial charge on any atom is -0.358 e. The second kappa shape index (κ2) is 7.13. The molecule has 2 N–H and O–H groups in total. The largest absolute Gasteiger partial charge is 0.358 e. The van der Waals surface area contributed by atoms with Crippen molar-refractivity contribution in [2.75, 3.05) is 12.0 Å². The maximum Gasteiger partial charge on any atom is 0.334 e. The van der Waals surface area contributed by atoms with Crippen LogP contribution in [0.15, 0.2) is 58.1 Å². The number of aromatic amines is 1. The zero-order valence-corrected chi connectivity index (χ0v) is 16.3. The lowest BCUT2D eigenvalue weighted by molar-refractivity contribution is 0.207. The van der Waals surface area contributed by atoms with Crippen molar-refractivity contribution < 1.29 is 0 Å². The maximum absolute atomic E-state index is 12.7. The SMILES string of the molecule is Cc1cccc(-n2c3c(c(=O)[nH]c2=O)CN([C@H](C)c2ccccc2)CN3)c1C. The van der Waals surface area contributed by atoms with Crippen molar-refractivity contribution in [1.82, 2.24) is 14.5 Å². The van der Waals surface area contributed by atoms with Crippen LogP contribution in [-0.2, 0) is 6.54 Å². The molecular weight excluding hydrogens is 352 g/mol. The highest BCUT2D eigenvalue weighted by atomic mass is 16.2. The molecule has 1 aliphatic rings. The average Bonchev–Trinajstić information content (AvgIpc) is 2.71. The standard InChI is InChI=1S/C22H24N4O2/c1-14-8-7-11-19(15(14)2)26-20-18(21(27)24-22(26)28)12-25(13-23-20)16(3)17-9-5-4-6-10-17/h4-11,16,23H,12-13H2,1-3H3,(H,24,27,28)/t16-/m1/s1. The van der Waals surface area contributed by atoms with E-state index in [-0.39, 0.29) is 11.6 Å². The Labute approximate surface area is 163 Å². The topological polar surface area (TPSA) is 70.1 Å². The Morgan fingerprint density at radius 2 is 1.75 bits per heavy atom. The first-order valence-corrected chi connectivity index (χ1v) is 9.45. The summed E-state index contributed by atoms with van der Waals surface area (Å²) in [5.74, 6) is 0.582. The van der Waals surface area contributed by atoms with Gasteiger partial charge in [0.25, 0.3) is 5.56 Å². The molecule has 2 aromatic carbocycles. The minimum absolute atomic E-state index is 0.141. The molecule has 0 saturated carbocycles. The lowest BCUT2D eigenvalue weighted by Crippen LogP contribution is -2.43. The molecule has 144 valence electrons. The molecule has 1 atom stereocenters. The number of nitrogens with one attached hydrogen (secondary N) is 2. The minimum atomic E-state index is -0.422. The van der Waals surface area contributed by atoms with E-state index < -0.39 is 5.69 Å². The summed E-state index contributed by atoms with van der Waals surface area (Å²) in [4.78, 5) is 29.9. The summed E-state index contributed by atoms with van der Waals surface area (Å²) in [6.45, 7) is 7.15. The Hall–Kier alpha value is -3.12. The first kappa shape index (κ1) is 18.3. The molecule has 4 rings (SSSR count). The normalized spacial score (nSPS) is 15.0. The Bertz CT molecular complexity index is 1130. The van der Waals surface area contributed by atoms with E-state index in [1.807, 2.05) is 50.2 Å². The van der Waals surface area contributed by atoms with Gasteiger partial charge in [-0.05, 0) is 43.5 Å². The molecule has 3 aromatic rings. The third kappa shape index (κ3) is 3.05. The highest BCUT2D eigenvalue weighted by Gasteiger charge is 2.27. The number of H-pyrrole nitrogens is 1. The number of fused-ring (bicyclic) bond motifs is 1. The van der Waals surface area contributed by atoms with Gasteiger partial charge in [0.1, 0.15) is 5.82 Å². The quantitative estimate of drug-likeness (QED) is 0.737. The first-order valence-electron chi connectivity index (χ1n) is 9.45. The Balaban J connectivity index is 1.79. The van der Waals surface area contributed by atoms with Crippen LogP contribution in [0, 0.1) is 13.8 Å². The van der Waals surface area contributed by atoms with Crippen LogP contribution in [0.4, 0.5) is 5.82 Å². The highest BCUT2D eigenvalue weighted by Crippen LogP contribution is 2.28. The molecule has 0 fully saturated rings. The van der Waals surface area contributed by atoms with Gasteiger partial charge in [0, 0.05) is 12.6 Å². The van der Waals surface area contributed by atoms with Crippen molar-refractivity contribution >= 4 is 5.82 Å².